The Labute approximate surface area is 77.8 Å². The van der Waals surface area contributed by atoms with Crippen LogP contribution in [0.5, 0.6) is 0 Å². The number of carbonyl (C=O) groups excluding carboxylic acids is 1. The third-order valence-corrected chi connectivity index (χ3v) is 2.43. The van der Waals surface area contributed by atoms with Gasteiger partial charge in [0.15, 0.2) is 5.78 Å². The fourth-order valence-electron chi connectivity index (χ4n) is 1.43. The van der Waals surface area contributed by atoms with Crippen LogP contribution in [0.2, 0.25) is 0 Å². The van der Waals surface area contributed by atoms with Crippen LogP contribution in [0.25, 0.3) is 0 Å². The fraction of sp³-hybridized carbons (Fsp3) is 0.364. The summed E-state index contributed by atoms with van der Waals surface area (Å²) in [6.07, 6.45) is 2.10. The van der Waals surface area contributed by atoms with E-state index in [2.05, 4.69) is 0 Å². The van der Waals surface area contributed by atoms with Crippen LogP contribution < -0.4 is 5.73 Å². The van der Waals surface area contributed by atoms with Crippen LogP contribution in [0, 0.1) is 5.92 Å². The van der Waals surface area contributed by atoms with Gasteiger partial charge in [0.2, 0.25) is 0 Å². The lowest BCUT2D eigenvalue weighted by atomic mass is 10.0. The lowest BCUT2D eigenvalue weighted by molar-refractivity contribution is 0.0948. The number of Topliss-reactive ketones (excluding diaryl/α,β-unsaturated/α-hetero) is 1. The molecule has 2 rings (SSSR count). The van der Waals surface area contributed by atoms with Gasteiger partial charge in [-0.15, -0.1) is 0 Å². The molecule has 1 atom stereocenters. The first kappa shape index (κ1) is 8.45. The first-order valence-electron chi connectivity index (χ1n) is 4.59. The van der Waals surface area contributed by atoms with E-state index in [9.17, 15) is 4.79 Å². The van der Waals surface area contributed by atoms with E-state index in [1.807, 2.05) is 18.2 Å². The third-order valence-electron chi connectivity index (χ3n) is 2.43. The number of rotatable bonds is 3. The van der Waals surface area contributed by atoms with Gasteiger partial charge in [0.05, 0.1) is 6.04 Å². The van der Waals surface area contributed by atoms with Crippen molar-refractivity contribution in [2.24, 2.45) is 5.92 Å². The zero-order chi connectivity index (χ0) is 9.26. The SMILES string of the molecule is [NH]C(C(=O)c1ccccc1)C1CC1. The molecule has 1 saturated carbocycles. The molecule has 0 saturated heterocycles. The molecule has 1 aliphatic rings. The van der Waals surface area contributed by atoms with Gasteiger partial charge in [-0.1, -0.05) is 30.3 Å². The van der Waals surface area contributed by atoms with E-state index in [0.29, 0.717) is 11.5 Å². The molecule has 1 radical (unpaired) electrons. The molecule has 2 nitrogen and oxygen atoms in total. The second-order valence-corrected chi connectivity index (χ2v) is 3.55. The smallest absolute Gasteiger partial charge is 0.181 e. The molecule has 0 aromatic heterocycles. The maximum Gasteiger partial charge on any atom is 0.181 e. The van der Waals surface area contributed by atoms with Crippen molar-refractivity contribution >= 4 is 5.78 Å². The summed E-state index contributed by atoms with van der Waals surface area (Å²) < 4.78 is 0. The molecule has 1 fully saturated rings. The average Bonchev–Trinajstić information content (AvgIpc) is 3.00. The Bertz CT molecular complexity index is 303. The lowest BCUT2D eigenvalue weighted by Gasteiger charge is -2.06. The normalized spacial score (nSPS) is 18.2. The molecule has 1 aromatic carbocycles. The molecule has 2 heteroatoms. The zero-order valence-electron chi connectivity index (χ0n) is 7.36. The van der Waals surface area contributed by atoms with Gasteiger partial charge in [0, 0.05) is 5.56 Å². The Kier molecular flexibility index (Phi) is 2.15. The molecule has 0 amide bonds. The van der Waals surface area contributed by atoms with E-state index >= 15 is 0 Å². The molecule has 1 unspecified atom stereocenters. The molecule has 1 N–H and O–H groups in total. The van der Waals surface area contributed by atoms with E-state index in [1.54, 1.807) is 12.1 Å². The Balaban J connectivity index is 2.12. The number of benzene rings is 1. The Morgan fingerprint density at radius 3 is 2.46 bits per heavy atom. The van der Waals surface area contributed by atoms with Crippen molar-refractivity contribution < 1.29 is 4.79 Å². The Hall–Kier alpha value is -1.15. The highest BCUT2D eigenvalue weighted by Gasteiger charge is 2.34. The lowest BCUT2D eigenvalue weighted by Crippen LogP contribution is -2.24. The highest BCUT2D eigenvalue weighted by molar-refractivity contribution is 6.00. The summed E-state index contributed by atoms with van der Waals surface area (Å²) in [5, 5.41) is 0. The molecule has 67 valence electrons. The van der Waals surface area contributed by atoms with E-state index < -0.39 is 6.04 Å². The number of hydrogen-bond acceptors (Lipinski definition) is 1. The van der Waals surface area contributed by atoms with Gasteiger partial charge in [-0.3, -0.25) is 4.79 Å². The second-order valence-electron chi connectivity index (χ2n) is 3.55. The molecular weight excluding hydrogens is 162 g/mol. The zero-order valence-corrected chi connectivity index (χ0v) is 7.36. The maximum absolute atomic E-state index is 11.6. The van der Waals surface area contributed by atoms with E-state index in [1.165, 1.54) is 0 Å². The van der Waals surface area contributed by atoms with Crippen LogP contribution in [0.15, 0.2) is 30.3 Å². The molecule has 0 spiro atoms. The standard InChI is InChI=1S/C11H12NO/c12-10(8-6-7-8)11(13)9-4-2-1-3-5-9/h1-5,8,10,12H,6-7H2. The minimum atomic E-state index is -0.526. The number of carbonyl (C=O) groups is 1. The fourth-order valence-corrected chi connectivity index (χ4v) is 1.43. The monoisotopic (exact) mass is 174 g/mol. The minimum Gasteiger partial charge on any atom is -0.292 e. The van der Waals surface area contributed by atoms with Gasteiger partial charge >= 0.3 is 0 Å². The number of nitrogens with one attached hydrogen (secondary N) is 1. The van der Waals surface area contributed by atoms with Crippen LogP contribution >= 0.6 is 0 Å². The van der Waals surface area contributed by atoms with E-state index in [-0.39, 0.29) is 5.78 Å². The summed E-state index contributed by atoms with van der Waals surface area (Å²) in [5.74, 6) is 0.302. The minimum absolute atomic E-state index is 0.0249. The molecule has 13 heavy (non-hydrogen) atoms. The van der Waals surface area contributed by atoms with Crippen molar-refractivity contribution in [3.05, 3.63) is 35.9 Å². The van der Waals surface area contributed by atoms with Crippen LogP contribution in [0.1, 0.15) is 23.2 Å². The third kappa shape index (κ3) is 1.78. The van der Waals surface area contributed by atoms with E-state index in [0.717, 1.165) is 12.8 Å². The van der Waals surface area contributed by atoms with Gasteiger partial charge in [0.25, 0.3) is 0 Å². The molecular formula is C11H12NO. The van der Waals surface area contributed by atoms with Crippen LogP contribution in [-0.4, -0.2) is 11.8 Å². The van der Waals surface area contributed by atoms with Gasteiger partial charge < -0.3 is 0 Å². The molecule has 0 heterocycles. The van der Waals surface area contributed by atoms with Crippen LogP contribution in [0.3, 0.4) is 0 Å². The number of hydrogen-bond donors (Lipinski definition) is 0. The first-order chi connectivity index (χ1) is 6.29. The van der Waals surface area contributed by atoms with Gasteiger partial charge in [-0.2, -0.15) is 0 Å². The Morgan fingerprint density at radius 1 is 1.31 bits per heavy atom. The quantitative estimate of drug-likeness (QED) is 0.645. The predicted octanol–water partition coefficient (Wildman–Crippen LogP) is 1.93. The average molecular weight is 174 g/mol. The maximum atomic E-state index is 11.6. The summed E-state index contributed by atoms with van der Waals surface area (Å²) in [4.78, 5) is 11.6. The van der Waals surface area contributed by atoms with E-state index in [4.69, 9.17) is 5.73 Å². The highest BCUT2D eigenvalue weighted by Crippen LogP contribution is 2.33. The van der Waals surface area contributed by atoms with Gasteiger partial charge in [-0.25, -0.2) is 5.73 Å². The number of ketones is 1. The van der Waals surface area contributed by atoms with Gasteiger partial charge in [-0.05, 0) is 18.8 Å². The van der Waals surface area contributed by atoms with Gasteiger partial charge in [0.1, 0.15) is 0 Å². The van der Waals surface area contributed by atoms with Crippen molar-refractivity contribution in [1.82, 2.24) is 5.73 Å². The summed E-state index contributed by atoms with van der Waals surface area (Å²) in [7, 11) is 0. The summed E-state index contributed by atoms with van der Waals surface area (Å²) in [6, 6.07) is 8.60. The van der Waals surface area contributed by atoms with Crippen molar-refractivity contribution in [3.63, 3.8) is 0 Å². The second kappa shape index (κ2) is 3.30. The summed E-state index contributed by atoms with van der Waals surface area (Å²) >= 11 is 0. The highest BCUT2D eigenvalue weighted by atomic mass is 16.1. The summed E-state index contributed by atoms with van der Waals surface area (Å²) in [6.45, 7) is 0. The molecule has 1 aromatic rings. The molecule has 0 bridgehead atoms. The summed E-state index contributed by atoms with van der Waals surface area (Å²) in [5.41, 5.74) is 8.36. The van der Waals surface area contributed by atoms with Crippen molar-refractivity contribution in [2.75, 3.05) is 0 Å². The molecule has 1 aliphatic carbocycles. The largest absolute Gasteiger partial charge is 0.292 e. The van der Waals surface area contributed by atoms with Crippen molar-refractivity contribution in [1.29, 1.82) is 0 Å². The van der Waals surface area contributed by atoms with Crippen molar-refractivity contribution in [2.45, 2.75) is 18.9 Å². The topological polar surface area (TPSA) is 40.9 Å². The van der Waals surface area contributed by atoms with Crippen molar-refractivity contribution in [3.8, 4) is 0 Å². The predicted molar refractivity (Wildman–Crippen MR) is 50.4 cm³/mol. The molecule has 0 aliphatic heterocycles. The Morgan fingerprint density at radius 2 is 1.92 bits per heavy atom. The van der Waals surface area contributed by atoms with Crippen LogP contribution in [0.4, 0.5) is 0 Å². The first-order valence-corrected chi connectivity index (χ1v) is 4.59. The van der Waals surface area contributed by atoms with Crippen LogP contribution in [-0.2, 0) is 0 Å².